The van der Waals surface area contributed by atoms with Crippen LogP contribution in [0.4, 0.5) is 0 Å². The summed E-state index contributed by atoms with van der Waals surface area (Å²) >= 11 is 0. The molecule has 1 aliphatic carbocycles. The van der Waals surface area contributed by atoms with Crippen molar-refractivity contribution in [1.29, 1.82) is 0 Å². The van der Waals surface area contributed by atoms with Crippen molar-refractivity contribution < 1.29 is 9.90 Å². The number of rotatable bonds is 5. The van der Waals surface area contributed by atoms with Gasteiger partial charge in [0.15, 0.2) is 0 Å². The van der Waals surface area contributed by atoms with E-state index in [-0.39, 0.29) is 12.5 Å². The van der Waals surface area contributed by atoms with Gasteiger partial charge in [0, 0.05) is 19.6 Å². The Labute approximate surface area is 110 Å². The number of carbonyl (C=O) groups is 1. The molecular weight excluding hydrogens is 228 g/mol. The monoisotopic (exact) mass is 254 g/mol. The van der Waals surface area contributed by atoms with Crippen LogP contribution in [0, 0.1) is 17.8 Å². The highest BCUT2D eigenvalue weighted by Crippen LogP contribution is 2.30. The summed E-state index contributed by atoms with van der Waals surface area (Å²) in [7, 11) is 0. The summed E-state index contributed by atoms with van der Waals surface area (Å²) in [6.07, 6.45) is 6.38. The fourth-order valence-corrected chi connectivity index (χ4v) is 3.29. The van der Waals surface area contributed by atoms with Crippen molar-refractivity contribution in [2.24, 2.45) is 17.8 Å². The van der Waals surface area contributed by atoms with Crippen molar-refractivity contribution in [3.05, 3.63) is 0 Å². The molecule has 1 saturated carbocycles. The van der Waals surface area contributed by atoms with Crippen molar-refractivity contribution in [3.8, 4) is 0 Å². The lowest BCUT2D eigenvalue weighted by Crippen LogP contribution is -2.35. The van der Waals surface area contributed by atoms with Gasteiger partial charge in [0.1, 0.15) is 0 Å². The van der Waals surface area contributed by atoms with Crippen molar-refractivity contribution in [2.45, 2.75) is 38.5 Å². The highest BCUT2D eigenvalue weighted by molar-refractivity contribution is 5.76. The number of nitrogens with one attached hydrogen (secondary N) is 2. The van der Waals surface area contributed by atoms with Gasteiger partial charge in [0.2, 0.25) is 5.91 Å². The Hall–Kier alpha value is -0.610. The molecule has 1 saturated heterocycles. The molecule has 4 heteroatoms. The molecule has 1 heterocycles. The highest BCUT2D eigenvalue weighted by Gasteiger charge is 2.27. The van der Waals surface area contributed by atoms with Crippen LogP contribution in [-0.2, 0) is 4.79 Å². The Morgan fingerprint density at radius 1 is 1.17 bits per heavy atom. The molecular formula is C14H26N2O2. The second-order valence-electron chi connectivity index (χ2n) is 5.84. The number of amides is 1. The van der Waals surface area contributed by atoms with Crippen LogP contribution < -0.4 is 10.6 Å². The zero-order valence-corrected chi connectivity index (χ0v) is 11.2. The lowest BCUT2D eigenvalue weighted by Gasteiger charge is -2.23. The van der Waals surface area contributed by atoms with Gasteiger partial charge in [-0.25, -0.2) is 0 Å². The largest absolute Gasteiger partial charge is 0.396 e. The molecule has 3 N–H and O–H groups in total. The fraction of sp³-hybridized carbons (Fsp3) is 0.929. The van der Waals surface area contributed by atoms with Gasteiger partial charge >= 0.3 is 0 Å². The molecule has 4 nitrogen and oxygen atoms in total. The SMILES string of the molecule is O=C(CC1CCNCC1)NCC1CCCC1CO. The Bertz CT molecular complexity index is 265. The normalized spacial score (nSPS) is 29.4. The summed E-state index contributed by atoms with van der Waals surface area (Å²) in [4.78, 5) is 11.9. The minimum absolute atomic E-state index is 0.200. The zero-order valence-electron chi connectivity index (χ0n) is 11.2. The van der Waals surface area contributed by atoms with Gasteiger partial charge in [-0.1, -0.05) is 6.42 Å². The zero-order chi connectivity index (χ0) is 12.8. The summed E-state index contributed by atoms with van der Waals surface area (Å²) < 4.78 is 0. The van der Waals surface area contributed by atoms with Crippen LogP contribution in [0.5, 0.6) is 0 Å². The standard InChI is InChI=1S/C14H26N2O2/c17-10-13-3-1-2-12(13)9-16-14(18)8-11-4-6-15-7-5-11/h11-13,15,17H,1-10H2,(H,16,18). The van der Waals surface area contributed by atoms with E-state index in [0.29, 0.717) is 24.2 Å². The van der Waals surface area contributed by atoms with Crippen molar-refractivity contribution in [2.75, 3.05) is 26.2 Å². The second-order valence-corrected chi connectivity index (χ2v) is 5.84. The average Bonchev–Trinajstić information content (AvgIpc) is 2.85. The smallest absolute Gasteiger partial charge is 0.220 e. The Morgan fingerprint density at radius 3 is 2.61 bits per heavy atom. The molecule has 2 unspecified atom stereocenters. The Kier molecular flexibility index (Phi) is 5.45. The third-order valence-corrected chi connectivity index (χ3v) is 4.55. The van der Waals surface area contributed by atoms with E-state index in [2.05, 4.69) is 10.6 Å². The average molecular weight is 254 g/mol. The Balaban J connectivity index is 1.64. The number of piperidine rings is 1. The van der Waals surface area contributed by atoms with Gasteiger partial charge in [0.05, 0.1) is 0 Å². The van der Waals surface area contributed by atoms with Crippen LogP contribution in [0.2, 0.25) is 0 Å². The number of hydrogen-bond acceptors (Lipinski definition) is 3. The highest BCUT2D eigenvalue weighted by atomic mass is 16.3. The first-order valence-corrected chi connectivity index (χ1v) is 7.38. The first kappa shape index (κ1) is 13.8. The molecule has 18 heavy (non-hydrogen) atoms. The molecule has 0 aromatic heterocycles. The molecule has 1 amide bonds. The molecule has 0 spiro atoms. The van der Waals surface area contributed by atoms with E-state index >= 15 is 0 Å². The summed E-state index contributed by atoms with van der Waals surface area (Å²) in [6.45, 7) is 3.13. The van der Waals surface area contributed by atoms with E-state index in [1.807, 2.05) is 0 Å². The van der Waals surface area contributed by atoms with E-state index in [0.717, 1.165) is 45.3 Å². The third-order valence-electron chi connectivity index (χ3n) is 4.55. The molecule has 104 valence electrons. The number of aliphatic hydroxyl groups excluding tert-OH is 1. The van der Waals surface area contributed by atoms with Crippen LogP contribution in [0.25, 0.3) is 0 Å². The molecule has 0 bridgehead atoms. The lowest BCUT2D eigenvalue weighted by atomic mass is 9.93. The topological polar surface area (TPSA) is 61.4 Å². The number of carbonyl (C=O) groups excluding carboxylic acids is 1. The predicted molar refractivity (Wildman–Crippen MR) is 71.1 cm³/mol. The van der Waals surface area contributed by atoms with Crippen LogP contribution in [0.15, 0.2) is 0 Å². The van der Waals surface area contributed by atoms with Crippen LogP contribution in [0.1, 0.15) is 38.5 Å². The van der Waals surface area contributed by atoms with Crippen LogP contribution in [-0.4, -0.2) is 37.3 Å². The first-order valence-electron chi connectivity index (χ1n) is 7.38. The molecule has 2 fully saturated rings. The van der Waals surface area contributed by atoms with Gasteiger partial charge in [-0.05, 0) is 56.5 Å². The van der Waals surface area contributed by atoms with E-state index < -0.39 is 0 Å². The summed E-state index contributed by atoms with van der Waals surface area (Å²) in [5.41, 5.74) is 0. The van der Waals surface area contributed by atoms with Gasteiger partial charge < -0.3 is 15.7 Å². The molecule has 1 aliphatic heterocycles. The number of hydrogen-bond donors (Lipinski definition) is 3. The van der Waals surface area contributed by atoms with E-state index in [1.165, 1.54) is 6.42 Å². The summed E-state index contributed by atoms with van der Waals surface area (Å²) in [5.74, 6) is 1.66. The van der Waals surface area contributed by atoms with Gasteiger partial charge in [-0.2, -0.15) is 0 Å². The fourth-order valence-electron chi connectivity index (χ4n) is 3.29. The maximum atomic E-state index is 11.9. The Morgan fingerprint density at radius 2 is 1.89 bits per heavy atom. The summed E-state index contributed by atoms with van der Waals surface area (Å²) in [6, 6.07) is 0. The molecule has 2 rings (SSSR count). The maximum absolute atomic E-state index is 11.9. The summed E-state index contributed by atoms with van der Waals surface area (Å²) in [5, 5.41) is 15.6. The predicted octanol–water partition coefficient (Wildman–Crippen LogP) is 0.901. The third kappa shape index (κ3) is 3.95. The van der Waals surface area contributed by atoms with Crippen LogP contribution >= 0.6 is 0 Å². The van der Waals surface area contributed by atoms with E-state index in [4.69, 9.17) is 0 Å². The van der Waals surface area contributed by atoms with E-state index in [1.54, 1.807) is 0 Å². The van der Waals surface area contributed by atoms with Crippen molar-refractivity contribution in [1.82, 2.24) is 10.6 Å². The van der Waals surface area contributed by atoms with Gasteiger partial charge in [-0.3, -0.25) is 4.79 Å². The first-order chi connectivity index (χ1) is 8.79. The molecule has 0 radical (unpaired) electrons. The molecule has 0 aromatic rings. The molecule has 2 atom stereocenters. The quantitative estimate of drug-likeness (QED) is 0.683. The van der Waals surface area contributed by atoms with Crippen LogP contribution in [0.3, 0.4) is 0 Å². The van der Waals surface area contributed by atoms with E-state index in [9.17, 15) is 9.90 Å². The lowest BCUT2D eigenvalue weighted by molar-refractivity contribution is -0.122. The van der Waals surface area contributed by atoms with Crippen molar-refractivity contribution in [3.63, 3.8) is 0 Å². The van der Waals surface area contributed by atoms with Gasteiger partial charge in [-0.15, -0.1) is 0 Å². The maximum Gasteiger partial charge on any atom is 0.220 e. The minimum atomic E-state index is 0.200. The number of aliphatic hydroxyl groups is 1. The van der Waals surface area contributed by atoms with Crippen molar-refractivity contribution >= 4 is 5.91 Å². The molecule has 0 aromatic carbocycles. The second kappa shape index (κ2) is 7.10. The molecule has 2 aliphatic rings. The van der Waals surface area contributed by atoms with Gasteiger partial charge in [0.25, 0.3) is 0 Å². The minimum Gasteiger partial charge on any atom is -0.396 e.